The zero-order valence-electron chi connectivity index (χ0n) is 11.0. The van der Waals surface area contributed by atoms with Gasteiger partial charge in [0.1, 0.15) is 11.5 Å². The molecule has 102 valence electrons. The van der Waals surface area contributed by atoms with E-state index in [1.807, 2.05) is 30.3 Å². The summed E-state index contributed by atoms with van der Waals surface area (Å²) in [6.45, 7) is 5.24. The summed E-state index contributed by atoms with van der Waals surface area (Å²) in [5.74, 6) is 1.79. The average Bonchev–Trinajstić information content (AvgIpc) is 2.89. The van der Waals surface area contributed by atoms with Gasteiger partial charge in [-0.15, -0.1) is 0 Å². The SMILES string of the molecule is CCCNC(C)c1ccc(-c2ccc(Br)c(Cl)c2)o1. The van der Waals surface area contributed by atoms with Crippen molar-refractivity contribution in [2.45, 2.75) is 26.3 Å². The second kappa shape index (κ2) is 6.60. The first kappa shape index (κ1) is 14.6. The summed E-state index contributed by atoms with van der Waals surface area (Å²) in [4.78, 5) is 0. The number of nitrogens with one attached hydrogen (secondary N) is 1. The van der Waals surface area contributed by atoms with Crippen molar-refractivity contribution in [1.29, 1.82) is 0 Å². The van der Waals surface area contributed by atoms with E-state index >= 15 is 0 Å². The molecule has 1 atom stereocenters. The molecule has 0 saturated carbocycles. The van der Waals surface area contributed by atoms with Crippen molar-refractivity contribution in [2.24, 2.45) is 0 Å². The third-order valence-electron chi connectivity index (χ3n) is 2.96. The Labute approximate surface area is 127 Å². The van der Waals surface area contributed by atoms with Crippen molar-refractivity contribution in [3.8, 4) is 11.3 Å². The summed E-state index contributed by atoms with van der Waals surface area (Å²) in [5, 5.41) is 4.09. The fourth-order valence-corrected chi connectivity index (χ4v) is 2.28. The third kappa shape index (κ3) is 3.62. The average molecular weight is 343 g/mol. The molecular weight excluding hydrogens is 326 g/mol. The molecule has 0 aliphatic heterocycles. The van der Waals surface area contributed by atoms with E-state index in [4.69, 9.17) is 16.0 Å². The maximum atomic E-state index is 6.10. The van der Waals surface area contributed by atoms with E-state index in [2.05, 4.69) is 35.1 Å². The smallest absolute Gasteiger partial charge is 0.134 e. The van der Waals surface area contributed by atoms with E-state index in [1.54, 1.807) is 0 Å². The molecule has 1 N–H and O–H groups in total. The van der Waals surface area contributed by atoms with Crippen LogP contribution in [0.15, 0.2) is 39.2 Å². The van der Waals surface area contributed by atoms with Gasteiger partial charge >= 0.3 is 0 Å². The molecule has 0 aliphatic rings. The monoisotopic (exact) mass is 341 g/mol. The van der Waals surface area contributed by atoms with Gasteiger partial charge in [-0.2, -0.15) is 0 Å². The Balaban J connectivity index is 2.18. The summed E-state index contributed by atoms with van der Waals surface area (Å²) in [7, 11) is 0. The fraction of sp³-hybridized carbons (Fsp3) is 0.333. The van der Waals surface area contributed by atoms with Gasteiger partial charge in [0.15, 0.2) is 0 Å². The topological polar surface area (TPSA) is 25.2 Å². The molecule has 19 heavy (non-hydrogen) atoms. The second-order valence-corrected chi connectivity index (χ2v) is 5.77. The van der Waals surface area contributed by atoms with E-state index in [-0.39, 0.29) is 6.04 Å². The van der Waals surface area contributed by atoms with Crippen molar-refractivity contribution < 1.29 is 4.42 Å². The number of furan rings is 1. The molecule has 1 unspecified atom stereocenters. The molecule has 0 bridgehead atoms. The minimum absolute atomic E-state index is 0.222. The highest BCUT2D eigenvalue weighted by atomic mass is 79.9. The second-order valence-electron chi connectivity index (χ2n) is 4.51. The van der Waals surface area contributed by atoms with E-state index in [9.17, 15) is 0 Å². The predicted molar refractivity (Wildman–Crippen MR) is 83.6 cm³/mol. The van der Waals surface area contributed by atoms with Gasteiger partial charge < -0.3 is 9.73 Å². The van der Waals surface area contributed by atoms with Crippen LogP contribution in [0.25, 0.3) is 11.3 Å². The van der Waals surface area contributed by atoms with Gasteiger partial charge in [0.05, 0.1) is 11.1 Å². The highest BCUT2D eigenvalue weighted by Gasteiger charge is 2.11. The number of hydrogen-bond acceptors (Lipinski definition) is 2. The fourth-order valence-electron chi connectivity index (χ4n) is 1.85. The van der Waals surface area contributed by atoms with Gasteiger partial charge in [0.2, 0.25) is 0 Å². The predicted octanol–water partition coefficient (Wildman–Crippen LogP) is 5.42. The molecule has 0 spiro atoms. The summed E-state index contributed by atoms with van der Waals surface area (Å²) in [5.41, 5.74) is 0.988. The first-order valence-electron chi connectivity index (χ1n) is 6.40. The number of benzene rings is 1. The lowest BCUT2D eigenvalue weighted by molar-refractivity contribution is 0.439. The molecule has 0 aliphatic carbocycles. The molecule has 0 radical (unpaired) electrons. The van der Waals surface area contributed by atoms with Gasteiger partial charge in [-0.25, -0.2) is 0 Å². The number of halogens is 2. The zero-order valence-corrected chi connectivity index (χ0v) is 13.4. The molecule has 2 aromatic rings. The minimum atomic E-state index is 0.222. The Morgan fingerprint density at radius 1 is 1.32 bits per heavy atom. The van der Waals surface area contributed by atoms with Crippen LogP contribution in [0.3, 0.4) is 0 Å². The van der Waals surface area contributed by atoms with Crippen LogP contribution < -0.4 is 5.32 Å². The van der Waals surface area contributed by atoms with E-state index in [0.29, 0.717) is 5.02 Å². The summed E-state index contributed by atoms with van der Waals surface area (Å²) < 4.78 is 6.78. The highest BCUT2D eigenvalue weighted by Crippen LogP contribution is 2.30. The minimum Gasteiger partial charge on any atom is -0.459 e. The van der Waals surface area contributed by atoms with Crippen LogP contribution in [0.5, 0.6) is 0 Å². The van der Waals surface area contributed by atoms with E-state index in [0.717, 1.165) is 34.5 Å². The zero-order chi connectivity index (χ0) is 13.8. The molecule has 4 heteroatoms. The van der Waals surface area contributed by atoms with Crippen LogP contribution in [0.2, 0.25) is 5.02 Å². The normalized spacial score (nSPS) is 12.6. The first-order chi connectivity index (χ1) is 9.11. The van der Waals surface area contributed by atoms with Crippen LogP contribution in [0.1, 0.15) is 32.1 Å². The quantitative estimate of drug-likeness (QED) is 0.784. The molecule has 0 saturated heterocycles. The Bertz CT molecular complexity index is 553. The number of hydrogen-bond donors (Lipinski definition) is 1. The van der Waals surface area contributed by atoms with E-state index < -0.39 is 0 Å². The van der Waals surface area contributed by atoms with Gasteiger partial charge in [-0.3, -0.25) is 0 Å². The Morgan fingerprint density at radius 3 is 2.79 bits per heavy atom. The van der Waals surface area contributed by atoms with Crippen LogP contribution in [-0.4, -0.2) is 6.54 Å². The van der Waals surface area contributed by atoms with Crippen molar-refractivity contribution in [1.82, 2.24) is 5.32 Å². The van der Waals surface area contributed by atoms with Gasteiger partial charge in [-0.05, 0) is 60.1 Å². The van der Waals surface area contributed by atoms with Crippen molar-refractivity contribution >= 4 is 27.5 Å². The van der Waals surface area contributed by atoms with Gasteiger partial charge in [-0.1, -0.05) is 24.6 Å². The standard InChI is InChI=1S/C15H17BrClNO/c1-3-8-18-10(2)14-6-7-15(19-14)11-4-5-12(16)13(17)9-11/h4-7,9-10,18H,3,8H2,1-2H3. The summed E-state index contributed by atoms with van der Waals surface area (Å²) >= 11 is 9.49. The third-order valence-corrected chi connectivity index (χ3v) is 4.19. The van der Waals surface area contributed by atoms with Crippen LogP contribution in [-0.2, 0) is 0 Å². The summed E-state index contributed by atoms with van der Waals surface area (Å²) in [6.07, 6.45) is 1.11. The Kier molecular flexibility index (Phi) is 5.08. The molecule has 2 nitrogen and oxygen atoms in total. The lowest BCUT2D eigenvalue weighted by Gasteiger charge is -2.09. The van der Waals surface area contributed by atoms with E-state index in [1.165, 1.54) is 0 Å². The molecule has 0 amide bonds. The lowest BCUT2D eigenvalue weighted by Crippen LogP contribution is -2.18. The molecule has 1 heterocycles. The Hall–Kier alpha value is -0.770. The van der Waals surface area contributed by atoms with Crippen LogP contribution in [0, 0.1) is 0 Å². The highest BCUT2D eigenvalue weighted by molar-refractivity contribution is 9.10. The molecule has 1 aromatic carbocycles. The van der Waals surface area contributed by atoms with Crippen molar-refractivity contribution in [3.63, 3.8) is 0 Å². The number of rotatable bonds is 5. The van der Waals surface area contributed by atoms with Crippen LogP contribution in [0.4, 0.5) is 0 Å². The molecule has 1 aromatic heterocycles. The van der Waals surface area contributed by atoms with Crippen LogP contribution >= 0.6 is 27.5 Å². The summed E-state index contributed by atoms with van der Waals surface area (Å²) in [6, 6.07) is 10.0. The maximum Gasteiger partial charge on any atom is 0.134 e. The lowest BCUT2D eigenvalue weighted by atomic mass is 10.2. The van der Waals surface area contributed by atoms with Gasteiger partial charge in [0.25, 0.3) is 0 Å². The van der Waals surface area contributed by atoms with Crippen molar-refractivity contribution in [3.05, 3.63) is 45.6 Å². The maximum absolute atomic E-state index is 6.10. The molecule has 0 fully saturated rings. The molecular formula is C15H17BrClNO. The molecule has 2 rings (SSSR count). The van der Waals surface area contributed by atoms with Crippen molar-refractivity contribution in [2.75, 3.05) is 6.54 Å². The van der Waals surface area contributed by atoms with Gasteiger partial charge in [0, 0.05) is 10.0 Å². The largest absolute Gasteiger partial charge is 0.459 e. The first-order valence-corrected chi connectivity index (χ1v) is 7.57. The Morgan fingerprint density at radius 2 is 2.11 bits per heavy atom.